The third kappa shape index (κ3) is 2.77. The summed E-state index contributed by atoms with van der Waals surface area (Å²) in [5, 5.41) is 15.4. The summed E-state index contributed by atoms with van der Waals surface area (Å²) in [7, 11) is 0. The van der Waals surface area contributed by atoms with Crippen molar-refractivity contribution in [2.45, 2.75) is 6.92 Å². The number of hydrogen-bond donors (Lipinski definition) is 2. The third-order valence-electron chi connectivity index (χ3n) is 2.58. The van der Waals surface area contributed by atoms with E-state index in [0.29, 0.717) is 5.56 Å². The molecule has 0 fully saturated rings. The van der Waals surface area contributed by atoms with E-state index in [1.165, 1.54) is 29.5 Å². The number of rotatable bonds is 3. The van der Waals surface area contributed by atoms with Gasteiger partial charge < -0.3 is 10.4 Å². The first kappa shape index (κ1) is 13.6. The summed E-state index contributed by atoms with van der Waals surface area (Å²) >= 11 is 7.35. The minimum absolute atomic E-state index is 0.0336. The minimum atomic E-state index is -1.14. The molecule has 19 heavy (non-hydrogen) atoms. The molecule has 0 aliphatic heterocycles. The molecule has 98 valence electrons. The maximum absolute atomic E-state index is 12.1. The van der Waals surface area contributed by atoms with Crippen molar-refractivity contribution in [1.82, 2.24) is 0 Å². The number of carboxylic acid groups (broad SMARTS) is 1. The Labute approximate surface area is 118 Å². The number of halogens is 1. The first-order chi connectivity index (χ1) is 9.00. The largest absolute Gasteiger partial charge is 0.478 e. The van der Waals surface area contributed by atoms with Crippen molar-refractivity contribution in [3.8, 4) is 0 Å². The molecule has 0 saturated heterocycles. The van der Waals surface area contributed by atoms with Crippen LogP contribution in [0.15, 0.2) is 29.0 Å². The topological polar surface area (TPSA) is 66.4 Å². The van der Waals surface area contributed by atoms with E-state index in [1.54, 1.807) is 5.38 Å². The maximum Gasteiger partial charge on any atom is 0.337 e. The zero-order valence-corrected chi connectivity index (χ0v) is 11.5. The van der Waals surface area contributed by atoms with Crippen molar-refractivity contribution >= 4 is 40.5 Å². The summed E-state index contributed by atoms with van der Waals surface area (Å²) in [6.45, 7) is 1.82. The van der Waals surface area contributed by atoms with E-state index >= 15 is 0 Å². The van der Waals surface area contributed by atoms with Crippen LogP contribution in [0.5, 0.6) is 0 Å². The molecular weight excluding hydrogens is 286 g/mol. The fourth-order valence-corrected chi connectivity index (χ4v) is 2.65. The molecule has 2 aromatic rings. The van der Waals surface area contributed by atoms with E-state index in [9.17, 15) is 9.59 Å². The van der Waals surface area contributed by atoms with E-state index < -0.39 is 5.97 Å². The van der Waals surface area contributed by atoms with Crippen LogP contribution < -0.4 is 5.32 Å². The predicted octanol–water partition coefficient (Wildman–Crippen LogP) is 3.66. The van der Waals surface area contributed by atoms with Gasteiger partial charge in [-0.1, -0.05) is 17.7 Å². The van der Waals surface area contributed by atoms with Gasteiger partial charge in [0.25, 0.3) is 5.91 Å². The first-order valence-corrected chi connectivity index (χ1v) is 6.68. The molecule has 1 heterocycles. The van der Waals surface area contributed by atoms with Crippen molar-refractivity contribution in [3.63, 3.8) is 0 Å². The molecule has 0 unspecified atom stereocenters. The molecule has 6 heteroatoms. The van der Waals surface area contributed by atoms with Gasteiger partial charge in [0.1, 0.15) is 0 Å². The fourth-order valence-electron chi connectivity index (χ4n) is 1.60. The van der Waals surface area contributed by atoms with E-state index in [1.807, 2.05) is 12.3 Å². The lowest BCUT2D eigenvalue weighted by Gasteiger charge is -2.10. The van der Waals surface area contributed by atoms with Gasteiger partial charge in [-0.3, -0.25) is 4.79 Å². The van der Waals surface area contributed by atoms with Crippen LogP contribution in [0, 0.1) is 6.92 Å². The second-order valence-electron chi connectivity index (χ2n) is 3.89. The Morgan fingerprint density at radius 2 is 2.00 bits per heavy atom. The smallest absolute Gasteiger partial charge is 0.337 e. The van der Waals surface area contributed by atoms with Crippen LogP contribution in [-0.2, 0) is 0 Å². The van der Waals surface area contributed by atoms with Gasteiger partial charge >= 0.3 is 5.97 Å². The van der Waals surface area contributed by atoms with Crippen LogP contribution >= 0.6 is 22.9 Å². The molecule has 1 amide bonds. The lowest BCUT2D eigenvalue weighted by molar-refractivity contribution is 0.0698. The van der Waals surface area contributed by atoms with Crippen LogP contribution in [-0.4, -0.2) is 17.0 Å². The standard InChI is InChI=1S/C13H10ClNO3S/c1-7-5-19-6-9(7)12(16)15-11-8(13(17)18)3-2-4-10(11)14/h2-6H,1H3,(H,15,16)(H,17,18). The summed E-state index contributed by atoms with van der Waals surface area (Å²) in [4.78, 5) is 23.2. The Balaban J connectivity index is 2.36. The number of benzene rings is 1. The molecule has 0 radical (unpaired) electrons. The molecule has 4 nitrogen and oxygen atoms in total. The highest BCUT2D eigenvalue weighted by molar-refractivity contribution is 7.08. The van der Waals surface area contributed by atoms with Crippen LogP contribution in [0.25, 0.3) is 0 Å². The monoisotopic (exact) mass is 295 g/mol. The van der Waals surface area contributed by atoms with Crippen molar-refractivity contribution in [2.24, 2.45) is 0 Å². The summed E-state index contributed by atoms with van der Waals surface area (Å²) in [5.74, 6) is -1.51. The normalized spacial score (nSPS) is 10.2. The number of para-hydroxylation sites is 1. The Morgan fingerprint density at radius 1 is 1.26 bits per heavy atom. The molecular formula is C13H10ClNO3S. The number of aryl methyl sites for hydroxylation is 1. The highest BCUT2D eigenvalue weighted by Crippen LogP contribution is 2.27. The number of carbonyl (C=O) groups is 2. The zero-order valence-electron chi connectivity index (χ0n) is 9.94. The van der Waals surface area contributed by atoms with Gasteiger partial charge in [0.15, 0.2) is 0 Å². The number of hydrogen-bond acceptors (Lipinski definition) is 3. The Hall–Kier alpha value is -1.85. The summed E-state index contributed by atoms with van der Waals surface area (Å²) < 4.78 is 0. The zero-order chi connectivity index (χ0) is 14.0. The second kappa shape index (κ2) is 5.42. The molecule has 0 spiro atoms. The number of amides is 1. The average Bonchev–Trinajstić information content (AvgIpc) is 2.77. The molecule has 0 aliphatic rings. The number of aromatic carboxylic acids is 1. The molecule has 0 saturated carbocycles. The van der Waals surface area contributed by atoms with Gasteiger partial charge in [-0.05, 0) is 30.0 Å². The first-order valence-electron chi connectivity index (χ1n) is 5.36. The van der Waals surface area contributed by atoms with Crippen molar-refractivity contribution < 1.29 is 14.7 Å². The van der Waals surface area contributed by atoms with Gasteiger partial charge in [-0.15, -0.1) is 0 Å². The number of anilines is 1. The van der Waals surface area contributed by atoms with Crippen molar-refractivity contribution in [2.75, 3.05) is 5.32 Å². The van der Waals surface area contributed by atoms with Gasteiger partial charge in [0.2, 0.25) is 0 Å². The van der Waals surface area contributed by atoms with Crippen molar-refractivity contribution in [3.05, 3.63) is 50.7 Å². The van der Waals surface area contributed by atoms with E-state index in [4.69, 9.17) is 16.7 Å². The number of carbonyl (C=O) groups excluding carboxylic acids is 1. The number of thiophene rings is 1. The fraction of sp³-hybridized carbons (Fsp3) is 0.0769. The van der Waals surface area contributed by atoms with Crippen LogP contribution in [0.4, 0.5) is 5.69 Å². The lowest BCUT2D eigenvalue weighted by Crippen LogP contribution is -2.15. The number of carboxylic acids is 1. The Morgan fingerprint density at radius 3 is 2.58 bits per heavy atom. The van der Waals surface area contributed by atoms with Gasteiger partial charge in [0.05, 0.1) is 21.8 Å². The quantitative estimate of drug-likeness (QED) is 0.908. The lowest BCUT2D eigenvalue weighted by atomic mass is 10.1. The highest BCUT2D eigenvalue weighted by Gasteiger charge is 2.17. The van der Waals surface area contributed by atoms with E-state index in [2.05, 4.69) is 5.32 Å². The molecule has 0 bridgehead atoms. The molecule has 2 rings (SSSR count). The summed E-state index contributed by atoms with van der Waals surface area (Å²) in [6.07, 6.45) is 0. The minimum Gasteiger partial charge on any atom is -0.478 e. The Bertz CT molecular complexity index is 651. The van der Waals surface area contributed by atoms with E-state index in [0.717, 1.165) is 5.56 Å². The Kier molecular flexibility index (Phi) is 3.87. The highest BCUT2D eigenvalue weighted by atomic mass is 35.5. The molecule has 0 atom stereocenters. The molecule has 0 aliphatic carbocycles. The van der Waals surface area contributed by atoms with Gasteiger partial charge in [0, 0.05) is 5.38 Å². The molecule has 1 aromatic heterocycles. The van der Waals surface area contributed by atoms with Gasteiger partial charge in [-0.2, -0.15) is 11.3 Å². The molecule has 2 N–H and O–H groups in total. The third-order valence-corrected chi connectivity index (χ3v) is 3.76. The second-order valence-corrected chi connectivity index (χ2v) is 5.04. The molecule has 1 aromatic carbocycles. The van der Waals surface area contributed by atoms with Crippen LogP contribution in [0.1, 0.15) is 26.3 Å². The maximum atomic E-state index is 12.1. The summed E-state index contributed by atoms with van der Waals surface area (Å²) in [6, 6.07) is 4.45. The number of nitrogens with one attached hydrogen (secondary N) is 1. The predicted molar refractivity (Wildman–Crippen MR) is 75.4 cm³/mol. The summed E-state index contributed by atoms with van der Waals surface area (Å²) in [5.41, 5.74) is 1.44. The van der Waals surface area contributed by atoms with Gasteiger partial charge in [-0.25, -0.2) is 4.79 Å². The average molecular weight is 296 g/mol. The van der Waals surface area contributed by atoms with Crippen LogP contribution in [0.2, 0.25) is 5.02 Å². The van der Waals surface area contributed by atoms with E-state index in [-0.39, 0.29) is 22.2 Å². The SMILES string of the molecule is Cc1cscc1C(=O)Nc1c(Cl)cccc1C(=O)O. The van der Waals surface area contributed by atoms with Crippen LogP contribution in [0.3, 0.4) is 0 Å². The van der Waals surface area contributed by atoms with Crippen molar-refractivity contribution in [1.29, 1.82) is 0 Å².